The zero-order chi connectivity index (χ0) is 18.3. The van der Waals surface area contributed by atoms with E-state index in [1.54, 1.807) is 6.92 Å². The zero-order valence-corrected chi connectivity index (χ0v) is 12.9. The number of hydrogen-bond acceptors (Lipinski definition) is 2. The fraction of sp³-hybridized carbons (Fsp3) is 0.846. The van der Waals surface area contributed by atoms with E-state index in [1.165, 1.54) is 0 Å². The molecule has 0 aromatic heterocycles. The Kier molecular flexibility index (Phi) is 8.39. The van der Waals surface area contributed by atoms with Gasteiger partial charge in [-0.15, -0.1) is 26.3 Å². The summed E-state index contributed by atoms with van der Waals surface area (Å²) in [5, 5.41) is 0. The molecule has 0 radical (unpaired) electrons. The standard InChI is InChI=1S/C13H20F6N2O2/c1-3-4-7-11(23)21(13(17,18)19)9-6-5-8-20(10(2)22)12(14,15)16/h3-9H2,1-2H3. The molecule has 0 atom stereocenters. The molecule has 0 saturated carbocycles. The number of carbonyl (C=O) groups excluding carboxylic acids is 2. The van der Waals surface area contributed by atoms with Crippen molar-refractivity contribution in [3.63, 3.8) is 0 Å². The van der Waals surface area contributed by atoms with E-state index in [-0.39, 0.29) is 29.1 Å². The molecular weight excluding hydrogens is 330 g/mol. The molecule has 4 nitrogen and oxygen atoms in total. The van der Waals surface area contributed by atoms with Gasteiger partial charge in [-0.25, -0.2) is 0 Å². The van der Waals surface area contributed by atoms with Crippen LogP contribution in [0.15, 0.2) is 0 Å². The lowest BCUT2D eigenvalue weighted by atomic mass is 10.2. The highest BCUT2D eigenvalue weighted by Crippen LogP contribution is 2.24. The second kappa shape index (κ2) is 8.97. The first-order chi connectivity index (χ1) is 10.4. The highest BCUT2D eigenvalue weighted by atomic mass is 19.4. The Morgan fingerprint density at radius 2 is 1.26 bits per heavy atom. The Hall–Kier alpha value is -1.48. The minimum Gasteiger partial charge on any atom is -0.275 e. The molecule has 0 rings (SSSR count). The number of rotatable bonds is 8. The van der Waals surface area contributed by atoms with Gasteiger partial charge in [-0.2, -0.15) is 0 Å². The average molecular weight is 350 g/mol. The van der Waals surface area contributed by atoms with Gasteiger partial charge in [-0.05, 0) is 19.3 Å². The van der Waals surface area contributed by atoms with Crippen molar-refractivity contribution in [2.24, 2.45) is 0 Å². The van der Waals surface area contributed by atoms with Crippen molar-refractivity contribution in [1.29, 1.82) is 0 Å². The van der Waals surface area contributed by atoms with Crippen LogP contribution in [0.5, 0.6) is 0 Å². The van der Waals surface area contributed by atoms with Crippen molar-refractivity contribution in [2.75, 3.05) is 13.1 Å². The summed E-state index contributed by atoms with van der Waals surface area (Å²) >= 11 is 0. The molecule has 136 valence electrons. The predicted octanol–water partition coefficient (Wildman–Crippen LogP) is 3.67. The molecule has 0 aliphatic heterocycles. The summed E-state index contributed by atoms with van der Waals surface area (Å²) in [6.07, 6.45) is -9.74. The van der Waals surface area contributed by atoms with Crippen LogP contribution >= 0.6 is 0 Å². The summed E-state index contributed by atoms with van der Waals surface area (Å²) < 4.78 is 75.7. The van der Waals surface area contributed by atoms with E-state index in [9.17, 15) is 35.9 Å². The number of hydrogen-bond donors (Lipinski definition) is 0. The Morgan fingerprint density at radius 1 is 0.826 bits per heavy atom. The van der Waals surface area contributed by atoms with Crippen LogP contribution in [0.4, 0.5) is 26.3 Å². The van der Waals surface area contributed by atoms with Crippen LogP contribution in [-0.4, -0.2) is 47.3 Å². The second-order valence-electron chi connectivity index (χ2n) is 4.96. The third-order valence-corrected chi connectivity index (χ3v) is 3.05. The summed E-state index contributed by atoms with van der Waals surface area (Å²) in [6.45, 7) is 0.978. The summed E-state index contributed by atoms with van der Waals surface area (Å²) in [5.41, 5.74) is 0. The first-order valence-electron chi connectivity index (χ1n) is 7.13. The van der Waals surface area contributed by atoms with Gasteiger partial charge >= 0.3 is 12.6 Å². The van der Waals surface area contributed by atoms with Crippen LogP contribution in [0.3, 0.4) is 0 Å². The largest absolute Gasteiger partial charge is 0.487 e. The van der Waals surface area contributed by atoms with Crippen LogP contribution in [0.1, 0.15) is 46.0 Å². The van der Waals surface area contributed by atoms with Crippen LogP contribution in [0, 0.1) is 0 Å². The number of amides is 2. The molecule has 0 aliphatic rings. The average Bonchev–Trinajstić information content (AvgIpc) is 2.36. The van der Waals surface area contributed by atoms with Crippen molar-refractivity contribution in [2.45, 2.75) is 58.6 Å². The summed E-state index contributed by atoms with van der Waals surface area (Å²) in [6, 6.07) is 0. The Labute approximate surface area is 130 Å². The maximum absolute atomic E-state index is 12.8. The molecular formula is C13H20F6N2O2. The van der Waals surface area contributed by atoms with Gasteiger partial charge in [0.25, 0.3) is 0 Å². The lowest BCUT2D eigenvalue weighted by Crippen LogP contribution is -2.44. The zero-order valence-electron chi connectivity index (χ0n) is 12.9. The third kappa shape index (κ3) is 8.08. The first-order valence-corrected chi connectivity index (χ1v) is 7.13. The van der Waals surface area contributed by atoms with Gasteiger partial charge in [0.05, 0.1) is 0 Å². The summed E-state index contributed by atoms with van der Waals surface area (Å²) in [7, 11) is 0. The van der Waals surface area contributed by atoms with Gasteiger partial charge in [0.15, 0.2) is 0 Å². The highest BCUT2D eigenvalue weighted by molar-refractivity contribution is 5.76. The number of unbranched alkanes of at least 4 members (excludes halogenated alkanes) is 2. The summed E-state index contributed by atoms with van der Waals surface area (Å²) in [5.74, 6) is -2.33. The minimum atomic E-state index is -4.87. The van der Waals surface area contributed by atoms with Gasteiger partial charge in [0.1, 0.15) is 0 Å². The smallest absolute Gasteiger partial charge is 0.275 e. The van der Waals surface area contributed by atoms with Crippen LogP contribution < -0.4 is 0 Å². The molecule has 23 heavy (non-hydrogen) atoms. The van der Waals surface area contributed by atoms with Gasteiger partial charge in [0.2, 0.25) is 11.8 Å². The van der Waals surface area contributed by atoms with Crippen molar-refractivity contribution in [3.05, 3.63) is 0 Å². The normalized spacial score (nSPS) is 12.2. The molecule has 10 heteroatoms. The van der Waals surface area contributed by atoms with Crippen LogP contribution in [0.2, 0.25) is 0 Å². The molecule has 0 aromatic rings. The van der Waals surface area contributed by atoms with Crippen molar-refractivity contribution in [3.8, 4) is 0 Å². The SMILES string of the molecule is CCCCC(=O)N(CCCCN(C(C)=O)C(F)(F)F)C(F)(F)F. The van der Waals surface area contributed by atoms with Gasteiger partial charge in [-0.3, -0.25) is 19.4 Å². The molecule has 0 bridgehead atoms. The lowest BCUT2D eigenvalue weighted by Gasteiger charge is -2.26. The number of halogens is 6. The molecule has 0 saturated heterocycles. The Balaban J connectivity index is 4.53. The van der Waals surface area contributed by atoms with E-state index in [0.717, 1.165) is 6.92 Å². The molecule has 0 N–H and O–H groups in total. The number of carbonyl (C=O) groups is 2. The highest BCUT2D eigenvalue weighted by Gasteiger charge is 2.41. The monoisotopic (exact) mass is 350 g/mol. The van der Waals surface area contributed by atoms with Crippen LogP contribution in [0.25, 0.3) is 0 Å². The molecule has 0 fully saturated rings. The quantitative estimate of drug-likeness (QED) is 0.381. The fourth-order valence-electron chi connectivity index (χ4n) is 1.86. The number of alkyl halides is 6. The Morgan fingerprint density at radius 3 is 1.61 bits per heavy atom. The molecule has 0 spiro atoms. The molecule has 0 heterocycles. The lowest BCUT2D eigenvalue weighted by molar-refractivity contribution is -0.244. The van der Waals surface area contributed by atoms with E-state index in [0.29, 0.717) is 12.8 Å². The minimum absolute atomic E-state index is 0.266. The van der Waals surface area contributed by atoms with Gasteiger partial charge in [-0.1, -0.05) is 13.3 Å². The van der Waals surface area contributed by atoms with E-state index >= 15 is 0 Å². The fourth-order valence-corrected chi connectivity index (χ4v) is 1.86. The molecule has 0 unspecified atom stereocenters. The second-order valence-corrected chi connectivity index (χ2v) is 4.96. The first kappa shape index (κ1) is 21.5. The van der Waals surface area contributed by atoms with Crippen molar-refractivity contribution in [1.82, 2.24) is 9.80 Å². The van der Waals surface area contributed by atoms with E-state index in [1.807, 2.05) is 0 Å². The number of nitrogens with zero attached hydrogens (tertiary/aromatic N) is 2. The molecule has 0 aromatic carbocycles. The van der Waals surface area contributed by atoms with E-state index in [2.05, 4.69) is 0 Å². The summed E-state index contributed by atoms with van der Waals surface area (Å²) in [4.78, 5) is 21.7. The third-order valence-electron chi connectivity index (χ3n) is 3.05. The maximum Gasteiger partial charge on any atom is 0.487 e. The van der Waals surface area contributed by atoms with E-state index in [4.69, 9.17) is 0 Å². The van der Waals surface area contributed by atoms with Gasteiger partial charge < -0.3 is 0 Å². The maximum atomic E-state index is 12.8. The predicted molar refractivity (Wildman–Crippen MR) is 70.0 cm³/mol. The van der Waals surface area contributed by atoms with Crippen LogP contribution in [-0.2, 0) is 9.59 Å². The topological polar surface area (TPSA) is 40.6 Å². The molecule has 2 amide bonds. The van der Waals surface area contributed by atoms with Crippen molar-refractivity contribution >= 4 is 11.8 Å². The Bertz CT molecular complexity index is 395. The van der Waals surface area contributed by atoms with Gasteiger partial charge in [0, 0.05) is 26.4 Å². The molecule has 0 aliphatic carbocycles. The van der Waals surface area contributed by atoms with Crippen molar-refractivity contribution < 1.29 is 35.9 Å². The van der Waals surface area contributed by atoms with E-state index < -0.39 is 37.5 Å².